The highest BCUT2D eigenvalue weighted by Gasteiger charge is 2.37. The minimum atomic E-state index is -1.27. The summed E-state index contributed by atoms with van der Waals surface area (Å²) in [5, 5.41) is 0. The SMILES string of the molecule is CC(C)(C)OC(=O)N1CCCC1c1nc2ccc(C#Cc3ccc(-c4cnc(C5CCCN5C(=O)OC(C)(C)C)n4COCC[Si](C)(C)C)cc3)cc2[nH]1. The van der Waals surface area contributed by atoms with E-state index in [2.05, 4.69) is 53.2 Å². The van der Waals surface area contributed by atoms with Crippen LogP contribution in [0.2, 0.25) is 25.7 Å². The number of amides is 2. The number of carbonyl (C=O) groups excluding carboxylic acids is 2. The van der Waals surface area contributed by atoms with Crippen molar-refractivity contribution >= 4 is 31.3 Å². The van der Waals surface area contributed by atoms with Gasteiger partial charge in [-0.15, -0.1) is 0 Å². The Morgan fingerprint density at radius 3 is 2.07 bits per heavy atom. The van der Waals surface area contributed by atoms with E-state index >= 15 is 0 Å². The lowest BCUT2D eigenvalue weighted by Crippen LogP contribution is -2.37. The monoisotopic (exact) mass is 752 g/mol. The van der Waals surface area contributed by atoms with E-state index in [1.54, 1.807) is 4.90 Å². The zero-order valence-corrected chi connectivity index (χ0v) is 34.4. The quantitative estimate of drug-likeness (QED) is 0.108. The van der Waals surface area contributed by atoms with Gasteiger partial charge < -0.3 is 23.8 Å². The molecule has 1 N–H and O–H groups in total. The summed E-state index contributed by atoms with van der Waals surface area (Å²) in [6.45, 7) is 20.7. The minimum absolute atomic E-state index is 0.147. The van der Waals surface area contributed by atoms with E-state index in [0.717, 1.165) is 76.8 Å². The standard InChI is InChI=1S/C42H56N6O5Si/c1-41(2,3)52-39(49)46-22-10-12-34(46)37-44-32-21-18-30(26-33(32)45-37)15-14-29-16-19-31(20-17-29)36-27-43-38(48(36)28-51-24-25-54(7,8)9)35-13-11-23-47(35)40(50)53-42(4,5)6/h16-21,26-27,34-35H,10-13,22-25,28H2,1-9H3,(H,44,45). The average molecular weight is 753 g/mol. The lowest BCUT2D eigenvalue weighted by Gasteiger charge is -2.29. The van der Waals surface area contributed by atoms with E-state index in [0.29, 0.717) is 26.4 Å². The number of fused-ring (bicyclic) bond motifs is 1. The first-order chi connectivity index (χ1) is 25.4. The maximum absolute atomic E-state index is 13.2. The Balaban J connectivity index is 1.20. The summed E-state index contributed by atoms with van der Waals surface area (Å²) in [6, 6.07) is 14.8. The van der Waals surface area contributed by atoms with Crippen LogP contribution in [0, 0.1) is 11.8 Å². The first-order valence-electron chi connectivity index (χ1n) is 19.2. The Kier molecular flexibility index (Phi) is 11.3. The largest absolute Gasteiger partial charge is 0.444 e. The highest BCUT2D eigenvalue weighted by atomic mass is 28.3. The lowest BCUT2D eigenvalue weighted by molar-refractivity contribution is 0.0199. The summed E-state index contributed by atoms with van der Waals surface area (Å²) in [5.74, 6) is 8.20. The van der Waals surface area contributed by atoms with Crippen molar-refractivity contribution in [2.75, 3.05) is 19.7 Å². The Morgan fingerprint density at radius 2 is 1.44 bits per heavy atom. The van der Waals surface area contributed by atoms with Gasteiger partial charge in [0.2, 0.25) is 0 Å². The van der Waals surface area contributed by atoms with Crippen molar-refractivity contribution in [3.05, 3.63) is 71.4 Å². The minimum Gasteiger partial charge on any atom is -0.444 e. The predicted octanol–water partition coefficient (Wildman–Crippen LogP) is 9.28. The second-order valence-corrected chi connectivity index (χ2v) is 23.2. The first kappa shape index (κ1) is 39.1. The van der Waals surface area contributed by atoms with Crippen molar-refractivity contribution in [1.82, 2.24) is 29.3 Å². The molecule has 2 aromatic heterocycles. The highest BCUT2D eigenvalue weighted by molar-refractivity contribution is 6.76. The van der Waals surface area contributed by atoms with Crippen LogP contribution >= 0.6 is 0 Å². The van der Waals surface area contributed by atoms with Gasteiger partial charge in [-0.2, -0.15) is 0 Å². The molecule has 6 rings (SSSR count). The molecule has 2 aliphatic heterocycles. The van der Waals surface area contributed by atoms with Gasteiger partial charge in [-0.1, -0.05) is 43.6 Å². The van der Waals surface area contributed by atoms with Crippen LogP contribution in [0.4, 0.5) is 9.59 Å². The smallest absolute Gasteiger partial charge is 0.410 e. The van der Waals surface area contributed by atoms with Crippen LogP contribution in [-0.2, 0) is 20.9 Å². The number of nitrogens with zero attached hydrogens (tertiary/aromatic N) is 5. The number of hydrogen-bond acceptors (Lipinski definition) is 7. The Labute approximate surface area is 320 Å². The summed E-state index contributed by atoms with van der Waals surface area (Å²) in [4.78, 5) is 42.8. The van der Waals surface area contributed by atoms with Gasteiger partial charge in [-0.05, 0) is 109 Å². The summed E-state index contributed by atoms with van der Waals surface area (Å²) in [6.07, 6.45) is 4.70. The molecule has 2 fully saturated rings. The van der Waals surface area contributed by atoms with Crippen LogP contribution < -0.4 is 0 Å². The van der Waals surface area contributed by atoms with Crippen molar-refractivity contribution in [1.29, 1.82) is 0 Å². The zero-order valence-electron chi connectivity index (χ0n) is 33.4. The van der Waals surface area contributed by atoms with Crippen LogP contribution in [0.1, 0.15) is 102 Å². The number of H-pyrrole nitrogens is 1. The predicted molar refractivity (Wildman–Crippen MR) is 214 cm³/mol. The third kappa shape index (κ3) is 9.73. The number of ether oxygens (including phenoxy) is 3. The Hall–Kier alpha value is -4.60. The third-order valence-electron chi connectivity index (χ3n) is 9.51. The molecule has 54 heavy (non-hydrogen) atoms. The van der Waals surface area contributed by atoms with E-state index in [-0.39, 0.29) is 24.3 Å². The van der Waals surface area contributed by atoms with E-state index < -0.39 is 19.3 Å². The van der Waals surface area contributed by atoms with Crippen LogP contribution in [0.15, 0.2) is 48.7 Å². The van der Waals surface area contributed by atoms with Gasteiger partial charge in [0.1, 0.15) is 29.6 Å². The number of hydrogen-bond donors (Lipinski definition) is 1. The van der Waals surface area contributed by atoms with Gasteiger partial charge in [0.25, 0.3) is 0 Å². The van der Waals surface area contributed by atoms with Crippen LogP contribution in [0.5, 0.6) is 0 Å². The van der Waals surface area contributed by atoms with Crippen LogP contribution in [0.25, 0.3) is 22.3 Å². The molecule has 2 amide bonds. The molecule has 4 heterocycles. The molecular formula is C42H56N6O5Si. The van der Waals surface area contributed by atoms with Crippen molar-refractivity contribution in [3.8, 4) is 23.1 Å². The molecule has 2 saturated heterocycles. The van der Waals surface area contributed by atoms with Gasteiger partial charge in [0.15, 0.2) is 0 Å². The molecule has 0 bridgehead atoms. The molecule has 0 saturated carbocycles. The maximum Gasteiger partial charge on any atom is 0.410 e. The molecule has 2 aliphatic rings. The molecule has 0 spiro atoms. The van der Waals surface area contributed by atoms with Gasteiger partial charge in [-0.3, -0.25) is 9.80 Å². The lowest BCUT2D eigenvalue weighted by atomic mass is 10.1. The normalized spacial score (nSPS) is 17.9. The summed E-state index contributed by atoms with van der Waals surface area (Å²) >= 11 is 0. The first-order valence-corrected chi connectivity index (χ1v) is 22.9. The molecular weight excluding hydrogens is 697 g/mol. The zero-order chi connectivity index (χ0) is 38.8. The second-order valence-electron chi connectivity index (χ2n) is 17.6. The maximum atomic E-state index is 13.2. The fourth-order valence-electron chi connectivity index (χ4n) is 6.85. The fraction of sp³-hybridized carbons (Fsp3) is 0.524. The summed E-state index contributed by atoms with van der Waals surface area (Å²) in [5.41, 5.74) is 4.26. The fourth-order valence-corrected chi connectivity index (χ4v) is 7.61. The number of benzene rings is 2. The third-order valence-corrected chi connectivity index (χ3v) is 11.2. The number of carbonyl (C=O) groups is 2. The number of nitrogens with one attached hydrogen (secondary N) is 1. The highest BCUT2D eigenvalue weighted by Crippen LogP contribution is 2.36. The molecule has 4 aromatic rings. The van der Waals surface area contributed by atoms with E-state index in [4.69, 9.17) is 24.2 Å². The second kappa shape index (κ2) is 15.6. The topological polar surface area (TPSA) is 115 Å². The molecule has 288 valence electrons. The van der Waals surface area contributed by atoms with E-state index in [9.17, 15) is 9.59 Å². The van der Waals surface area contributed by atoms with Crippen molar-refractivity contribution in [3.63, 3.8) is 0 Å². The molecule has 2 unspecified atom stereocenters. The Morgan fingerprint density at radius 1 is 0.852 bits per heavy atom. The molecule has 11 nitrogen and oxygen atoms in total. The number of imidazole rings is 2. The number of rotatable bonds is 8. The average Bonchev–Trinajstić information content (AvgIpc) is 3.89. The van der Waals surface area contributed by atoms with Crippen LogP contribution in [0.3, 0.4) is 0 Å². The number of aromatic amines is 1. The van der Waals surface area contributed by atoms with Gasteiger partial charge in [-0.25, -0.2) is 19.6 Å². The molecule has 2 atom stereocenters. The number of likely N-dealkylation sites (tertiary alicyclic amines) is 2. The van der Waals surface area contributed by atoms with Crippen LogP contribution in [-0.4, -0.2) is 80.5 Å². The Bertz CT molecular complexity index is 2020. The molecule has 12 heteroatoms. The summed E-state index contributed by atoms with van der Waals surface area (Å²) in [7, 11) is -1.27. The molecule has 0 radical (unpaired) electrons. The van der Waals surface area contributed by atoms with Crippen molar-refractivity contribution in [2.24, 2.45) is 0 Å². The molecule has 0 aliphatic carbocycles. The van der Waals surface area contributed by atoms with Gasteiger partial charge in [0, 0.05) is 38.9 Å². The van der Waals surface area contributed by atoms with Gasteiger partial charge in [0.05, 0.1) is 35.0 Å². The van der Waals surface area contributed by atoms with E-state index in [1.165, 1.54) is 0 Å². The molecule has 2 aromatic carbocycles. The van der Waals surface area contributed by atoms with E-state index in [1.807, 2.05) is 83.0 Å². The summed E-state index contributed by atoms with van der Waals surface area (Å²) < 4.78 is 19.8. The van der Waals surface area contributed by atoms with Crippen molar-refractivity contribution < 1.29 is 23.8 Å². The van der Waals surface area contributed by atoms with Gasteiger partial charge >= 0.3 is 12.2 Å². The van der Waals surface area contributed by atoms with Crippen molar-refractivity contribution in [2.45, 2.75) is 123 Å². The number of aromatic nitrogens is 4.